The molecule has 1 atom stereocenters. The van der Waals surface area contributed by atoms with Crippen LogP contribution in [0.15, 0.2) is 53.6 Å². The summed E-state index contributed by atoms with van der Waals surface area (Å²) < 4.78 is 5.15. The van der Waals surface area contributed by atoms with Crippen molar-refractivity contribution in [1.82, 2.24) is 14.9 Å². The monoisotopic (exact) mass is 407 g/mol. The van der Waals surface area contributed by atoms with Crippen molar-refractivity contribution in [3.63, 3.8) is 0 Å². The molecule has 4 N–H and O–H groups in total. The summed E-state index contributed by atoms with van der Waals surface area (Å²) in [6.45, 7) is 1.25. The summed E-state index contributed by atoms with van der Waals surface area (Å²) in [5.74, 6) is 0.659. The lowest BCUT2D eigenvalue weighted by atomic mass is 10.0. The fourth-order valence-electron chi connectivity index (χ4n) is 3.83. The van der Waals surface area contributed by atoms with Crippen LogP contribution < -0.4 is 21.3 Å². The van der Waals surface area contributed by atoms with E-state index in [-0.39, 0.29) is 17.5 Å². The van der Waals surface area contributed by atoms with Gasteiger partial charge in [0.25, 0.3) is 5.56 Å². The fraction of sp³-hybridized carbons (Fsp3) is 0.318. The minimum Gasteiger partial charge on any atom is -0.497 e. The van der Waals surface area contributed by atoms with Gasteiger partial charge in [-0.2, -0.15) is 0 Å². The average Bonchev–Trinajstić information content (AvgIpc) is 2.79. The van der Waals surface area contributed by atoms with E-state index in [1.807, 2.05) is 41.3 Å². The van der Waals surface area contributed by atoms with Gasteiger partial charge in [-0.05, 0) is 42.7 Å². The maximum Gasteiger partial charge on any atom is 0.258 e. The van der Waals surface area contributed by atoms with Crippen molar-refractivity contribution >= 4 is 22.5 Å². The van der Waals surface area contributed by atoms with Crippen molar-refractivity contribution in [2.24, 2.45) is 5.73 Å². The Morgan fingerprint density at radius 3 is 2.67 bits per heavy atom. The third-order valence-corrected chi connectivity index (χ3v) is 5.58. The quantitative estimate of drug-likeness (QED) is 0.596. The molecule has 2 aromatic carbocycles. The molecule has 1 unspecified atom stereocenters. The van der Waals surface area contributed by atoms with Crippen molar-refractivity contribution in [1.29, 1.82) is 0 Å². The second-order valence-electron chi connectivity index (χ2n) is 7.43. The number of piperidine rings is 1. The van der Waals surface area contributed by atoms with Crippen LogP contribution in [0.4, 0.5) is 5.69 Å². The van der Waals surface area contributed by atoms with Gasteiger partial charge in [-0.15, -0.1) is 0 Å². The number of rotatable bonds is 5. The molecular formula is C22H25N5O3. The van der Waals surface area contributed by atoms with Gasteiger partial charge >= 0.3 is 0 Å². The number of H-pyrrole nitrogens is 1. The number of carbonyl (C=O) groups excluding carboxylic acids is 1. The summed E-state index contributed by atoms with van der Waals surface area (Å²) in [6.07, 6.45) is 3.00. The number of aromatic amines is 1. The van der Waals surface area contributed by atoms with E-state index in [1.165, 1.54) is 6.33 Å². The Kier molecular flexibility index (Phi) is 5.67. The summed E-state index contributed by atoms with van der Waals surface area (Å²) >= 11 is 0. The number of carbonyl (C=O) groups is 1. The van der Waals surface area contributed by atoms with Gasteiger partial charge in [-0.3, -0.25) is 9.59 Å². The first-order valence-corrected chi connectivity index (χ1v) is 9.98. The molecular weight excluding hydrogens is 382 g/mol. The van der Waals surface area contributed by atoms with Crippen LogP contribution in [-0.2, 0) is 4.79 Å². The van der Waals surface area contributed by atoms with Gasteiger partial charge in [0.15, 0.2) is 0 Å². The predicted molar refractivity (Wildman–Crippen MR) is 116 cm³/mol. The summed E-state index contributed by atoms with van der Waals surface area (Å²) in [5.41, 5.74) is 8.31. The molecule has 8 heteroatoms. The molecule has 4 rings (SSSR count). The standard InChI is InChI=1S/C22H25N5O3/c1-30-16-7-5-14(6-8-16)19(23)22(29)27-11-9-15(10-12-27)26-18-4-2-3-17-20(18)24-13-25-21(17)28/h2-8,13,15,19,26H,9-12,23H2,1H3,(H,24,25,28). The number of methoxy groups -OCH3 is 1. The normalized spacial score (nSPS) is 15.7. The highest BCUT2D eigenvalue weighted by atomic mass is 16.5. The minimum atomic E-state index is -0.686. The molecule has 8 nitrogen and oxygen atoms in total. The maximum atomic E-state index is 12.8. The van der Waals surface area contributed by atoms with Crippen molar-refractivity contribution in [2.75, 3.05) is 25.5 Å². The zero-order valence-corrected chi connectivity index (χ0v) is 16.8. The molecule has 0 saturated carbocycles. The lowest BCUT2D eigenvalue weighted by Crippen LogP contribution is -2.45. The number of benzene rings is 2. The van der Waals surface area contributed by atoms with E-state index >= 15 is 0 Å². The molecule has 0 bridgehead atoms. The second kappa shape index (κ2) is 8.54. The molecule has 1 aliphatic rings. The number of anilines is 1. The van der Waals surface area contributed by atoms with Crippen LogP contribution in [0.25, 0.3) is 10.9 Å². The molecule has 1 amide bonds. The summed E-state index contributed by atoms with van der Waals surface area (Å²) in [7, 11) is 1.60. The van der Waals surface area contributed by atoms with Crippen LogP contribution in [0.2, 0.25) is 0 Å². The van der Waals surface area contributed by atoms with E-state index < -0.39 is 6.04 Å². The van der Waals surface area contributed by atoms with Gasteiger partial charge < -0.3 is 25.7 Å². The van der Waals surface area contributed by atoms with E-state index in [0.717, 1.165) is 29.8 Å². The van der Waals surface area contributed by atoms with Crippen LogP contribution in [-0.4, -0.2) is 47.0 Å². The number of likely N-dealkylation sites (tertiary alicyclic amines) is 1. The number of para-hydroxylation sites is 1. The topological polar surface area (TPSA) is 113 Å². The molecule has 1 fully saturated rings. The lowest BCUT2D eigenvalue weighted by molar-refractivity contribution is -0.133. The van der Waals surface area contributed by atoms with Crippen molar-refractivity contribution < 1.29 is 9.53 Å². The van der Waals surface area contributed by atoms with E-state index in [9.17, 15) is 9.59 Å². The molecule has 30 heavy (non-hydrogen) atoms. The summed E-state index contributed by atoms with van der Waals surface area (Å²) in [4.78, 5) is 33.5. The van der Waals surface area contributed by atoms with E-state index in [1.54, 1.807) is 13.2 Å². The fourth-order valence-corrected chi connectivity index (χ4v) is 3.83. The van der Waals surface area contributed by atoms with E-state index in [4.69, 9.17) is 10.5 Å². The minimum absolute atomic E-state index is 0.0722. The summed E-state index contributed by atoms with van der Waals surface area (Å²) in [6, 6.07) is 12.3. The maximum absolute atomic E-state index is 12.8. The molecule has 156 valence electrons. The van der Waals surface area contributed by atoms with Crippen LogP contribution in [0, 0.1) is 0 Å². The first-order chi connectivity index (χ1) is 14.6. The zero-order chi connectivity index (χ0) is 21.1. The van der Waals surface area contributed by atoms with Crippen molar-refractivity contribution in [3.8, 4) is 5.75 Å². The lowest BCUT2D eigenvalue weighted by Gasteiger charge is -2.34. The van der Waals surface area contributed by atoms with Gasteiger partial charge in [0.2, 0.25) is 5.91 Å². The molecule has 1 saturated heterocycles. The van der Waals surface area contributed by atoms with Crippen LogP contribution in [0.1, 0.15) is 24.4 Å². The van der Waals surface area contributed by atoms with Gasteiger partial charge in [0.05, 0.1) is 24.5 Å². The molecule has 0 aliphatic carbocycles. The molecule has 3 aromatic rings. The van der Waals surface area contributed by atoms with Gasteiger partial charge in [-0.1, -0.05) is 18.2 Å². The first kappa shape index (κ1) is 19.9. The molecule has 2 heterocycles. The Morgan fingerprint density at radius 1 is 1.23 bits per heavy atom. The third-order valence-electron chi connectivity index (χ3n) is 5.58. The predicted octanol–water partition coefficient (Wildman–Crippen LogP) is 2.03. The number of hydrogen-bond donors (Lipinski definition) is 3. The Bertz CT molecular complexity index is 1090. The number of amides is 1. The number of fused-ring (bicyclic) bond motifs is 1. The number of ether oxygens (including phenoxy) is 1. The van der Waals surface area contributed by atoms with E-state index in [2.05, 4.69) is 15.3 Å². The molecule has 1 aliphatic heterocycles. The smallest absolute Gasteiger partial charge is 0.258 e. The first-order valence-electron chi connectivity index (χ1n) is 9.98. The van der Waals surface area contributed by atoms with Crippen LogP contribution in [0.3, 0.4) is 0 Å². The average molecular weight is 407 g/mol. The molecule has 1 aromatic heterocycles. The van der Waals surface area contributed by atoms with Gasteiger partial charge in [-0.25, -0.2) is 4.98 Å². The highest BCUT2D eigenvalue weighted by molar-refractivity contribution is 5.89. The van der Waals surface area contributed by atoms with Crippen LogP contribution in [0.5, 0.6) is 5.75 Å². The van der Waals surface area contributed by atoms with Crippen molar-refractivity contribution in [3.05, 3.63) is 64.7 Å². The Labute approximate surface area is 174 Å². The molecule has 0 spiro atoms. The number of nitrogens with two attached hydrogens (primary N) is 1. The Morgan fingerprint density at radius 2 is 1.97 bits per heavy atom. The SMILES string of the molecule is COc1ccc(C(N)C(=O)N2CCC(Nc3cccc4c(=O)[nH]cnc34)CC2)cc1. The highest BCUT2D eigenvalue weighted by Crippen LogP contribution is 2.24. The number of hydrogen-bond acceptors (Lipinski definition) is 6. The Hall–Kier alpha value is -3.39. The highest BCUT2D eigenvalue weighted by Gasteiger charge is 2.27. The van der Waals surface area contributed by atoms with Gasteiger partial charge in [0, 0.05) is 19.1 Å². The third kappa shape index (κ3) is 3.99. The van der Waals surface area contributed by atoms with Crippen molar-refractivity contribution in [2.45, 2.75) is 24.9 Å². The van der Waals surface area contributed by atoms with E-state index in [0.29, 0.717) is 24.0 Å². The zero-order valence-electron chi connectivity index (χ0n) is 16.8. The van der Waals surface area contributed by atoms with Crippen LogP contribution >= 0.6 is 0 Å². The second-order valence-corrected chi connectivity index (χ2v) is 7.43. The largest absolute Gasteiger partial charge is 0.497 e. The summed E-state index contributed by atoms with van der Waals surface area (Å²) in [5, 5.41) is 4.04. The number of aromatic nitrogens is 2. The number of nitrogens with one attached hydrogen (secondary N) is 2. The number of nitrogens with zero attached hydrogens (tertiary/aromatic N) is 2. The van der Waals surface area contributed by atoms with Gasteiger partial charge in [0.1, 0.15) is 17.3 Å². The molecule has 0 radical (unpaired) electrons. The Balaban J connectivity index is 1.38.